The van der Waals surface area contributed by atoms with Crippen molar-refractivity contribution < 1.29 is 14.8 Å². The Kier molecular flexibility index (Phi) is 5.49. The molecule has 10 nitrogen and oxygen atoms in total. The SMILES string of the molecule is COc1cc(-c2nn(C3CC[NH2+]CC3)c3ncnc(N)c23)ccc1NC(=O)c1cc2ccccc2[nH]1. The van der Waals surface area contributed by atoms with Gasteiger partial charge in [-0.1, -0.05) is 24.3 Å². The Morgan fingerprint density at radius 1 is 1.17 bits per heavy atom. The van der Waals surface area contributed by atoms with Crippen LogP contribution in [0.25, 0.3) is 33.2 Å². The van der Waals surface area contributed by atoms with E-state index in [1.165, 1.54) is 6.33 Å². The van der Waals surface area contributed by atoms with Crippen LogP contribution < -0.4 is 21.1 Å². The summed E-state index contributed by atoms with van der Waals surface area (Å²) in [6, 6.07) is 15.4. The number of amides is 1. The van der Waals surface area contributed by atoms with Gasteiger partial charge in [0.25, 0.3) is 5.91 Å². The molecule has 0 aliphatic carbocycles. The van der Waals surface area contributed by atoms with Crippen molar-refractivity contribution in [2.24, 2.45) is 0 Å². The van der Waals surface area contributed by atoms with E-state index in [4.69, 9.17) is 15.6 Å². The number of nitrogens with one attached hydrogen (secondary N) is 2. The van der Waals surface area contributed by atoms with E-state index in [0.29, 0.717) is 28.6 Å². The number of benzene rings is 2. The molecule has 6 N–H and O–H groups in total. The van der Waals surface area contributed by atoms with E-state index in [9.17, 15) is 4.79 Å². The van der Waals surface area contributed by atoms with Gasteiger partial charge in [-0.15, -0.1) is 0 Å². The molecule has 0 unspecified atom stereocenters. The third kappa shape index (κ3) is 3.81. The molecule has 2 aromatic carbocycles. The van der Waals surface area contributed by atoms with Crippen LogP contribution in [0, 0.1) is 0 Å². The van der Waals surface area contributed by atoms with Crippen molar-refractivity contribution in [3.8, 4) is 17.0 Å². The number of nitrogens with two attached hydrogens (primary N) is 2. The summed E-state index contributed by atoms with van der Waals surface area (Å²) in [5, 5.41) is 11.9. The van der Waals surface area contributed by atoms with E-state index >= 15 is 0 Å². The lowest BCUT2D eigenvalue weighted by Gasteiger charge is -2.21. The molecule has 1 amide bonds. The van der Waals surface area contributed by atoms with Crippen LogP contribution in [0.5, 0.6) is 5.75 Å². The van der Waals surface area contributed by atoms with Crippen molar-refractivity contribution in [1.29, 1.82) is 0 Å². The predicted octanol–water partition coefficient (Wildman–Crippen LogP) is 2.72. The first-order valence-corrected chi connectivity index (χ1v) is 12.0. The van der Waals surface area contributed by atoms with Gasteiger partial charge >= 0.3 is 0 Å². The molecule has 1 saturated heterocycles. The van der Waals surface area contributed by atoms with Gasteiger partial charge in [-0.05, 0) is 24.3 Å². The van der Waals surface area contributed by atoms with Gasteiger partial charge in [0.15, 0.2) is 5.65 Å². The number of ether oxygens (including phenoxy) is 1. The van der Waals surface area contributed by atoms with Gasteiger partial charge in [-0.25, -0.2) is 14.6 Å². The minimum Gasteiger partial charge on any atom is -0.495 e. The number of aromatic amines is 1. The number of quaternary nitrogens is 1. The summed E-state index contributed by atoms with van der Waals surface area (Å²) in [6.45, 7) is 2.11. The van der Waals surface area contributed by atoms with Gasteiger partial charge in [0.2, 0.25) is 0 Å². The lowest BCUT2D eigenvalue weighted by molar-refractivity contribution is -0.664. The molecule has 1 aliphatic heterocycles. The Hall–Kier alpha value is -4.44. The number of H-pyrrole nitrogens is 1. The summed E-state index contributed by atoms with van der Waals surface area (Å²) >= 11 is 0. The number of aromatic nitrogens is 5. The topological polar surface area (TPSA) is 140 Å². The second kappa shape index (κ2) is 8.97. The number of piperidine rings is 1. The molecule has 10 heteroatoms. The second-order valence-corrected chi connectivity index (χ2v) is 8.99. The van der Waals surface area contributed by atoms with Crippen LogP contribution in [0.1, 0.15) is 29.4 Å². The zero-order valence-corrected chi connectivity index (χ0v) is 19.9. The van der Waals surface area contributed by atoms with Gasteiger partial charge in [0.1, 0.15) is 29.3 Å². The molecule has 5 aromatic rings. The minimum absolute atomic E-state index is 0.251. The highest BCUT2D eigenvalue weighted by Gasteiger charge is 2.25. The second-order valence-electron chi connectivity index (χ2n) is 8.99. The predicted molar refractivity (Wildman–Crippen MR) is 138 cm³/mol. The highest BCUT2D eigenvalue weighted by Crippen LogP contribution is 2.36. The molecule has 0 bridgehead atoms. The zero-order chi connectivity index (χ0) is 24.6. The monoisotopic (exact) mass is 483 g/mol. The number of fused-ring (bicyclic) bond motifs is 2. The first-order chi connectivity index (χ1) is 17.6. The number of carbonyl (C=O) groups is 1. The van der Waals surface area contributed by atoms with Crippen molar-refractivity contribution in [3.63, 3.8) is 0 Å². The largest absolute Gasteiger partial charge is 0.495 e. The minimum atomic E-state index is -0.251. The number of para-hydroxylation sites is 1. The molecular weight excluding hydrogens is 456 g/mol. The average molecular weight is 484 g/mol. The molecule has 0 saturated carbocycles. The third-order valence-electron chi connectivity index (χ3n) is 6.77. The molecule has 3 aromatic heterocycles. The summed E-state index contributed by atoms with van der Waals surface area (Å²) in [7, 11) is 1.57. The summed E-state index contributed by atoms with van der Waals surface area (Å²) in [5.41, 5.74) is 10.5. The van der Waals surface area contributed by atoms with Crippen molar-refractivity contribution in [3.05, 3.63) is 60.6 Å². The molecule has 1 aliphatic rings. The molecule has 4 heterocycles. The van der Waals surface area contributed by atoms with Crippen LogP contribution in [0.3, 0.4) is 0 Å². The van der Waals surface area contributed by atoms with Gasteiger partial charge in [0.05, 0.1) is 37.3 Å². The summed E-state index contributed by atoms with van der Waals surface area (Å²) < 4.78 is 7.64. The number of rotatable bonds is 5. The molecule has 36 heavy (non-hydrogen) atoms. The van der Waals surface area contributed by atoms with E-state index in [-0.39, 0.29) is 11.9 Å². The average Bonchev–Trinajstić information content (AvgIpc) is 3.52. The maximum absolute atomic E-state index is 13.0. The van der Waals surface area contributed by atoms with E-state index in [0.717, 1.165) is 53.4 Å². The normalized spacial score (nSPS) is 14.4. The van der Waals surface area contributed by atoms with Crippen molar-refractivity contribution in [2.75, 3.05) is 31.2 Å². The summed E-state index contributed by atoms with van der Waals surface area (Å²) in [4.78, 5) is 24.9. The fourth-order valence-corrected chi connectivity index (χ4v) is 4.93. The van der Waals surface area contributed by atoms with Gasteiger partial charge in [-0.2, -0.15) is 5.10 Å². The number of nitrogen functional groups attached to an aromatic ring is 1. The first-order valence-electron chi connectivity index (χ1n) is 12.0. The molecule has 0 radical (unpaired) electrons. The molecule has 0 atom stereocenters. The Labute approximate surface area is 206 Å². The number of hydrogen-bond donors (Lipinski definition) is 4. The van der Waals surface area contributed by atoms with Crippen LogP contribution in [0.4, 0.5) is 11.5 Å². The molecule has 1 fully saturated rings. The van der Waals surface area contributed by atoms with Gasteiger partial charge in [0, 0.05) is 29.3 Å². The standard InChI is InChI=1S/C26H26N8O2/c1-36-21-13-16(6-7-19(21)32-26(35)20-12-15-4-2-3-5-18(15)31-20)23-22-24(27)29-14-30-25(22)34(33-23)17-8-10-28-11-9-17/h2-7,12-14,17,28,31H,8-11H2,1H3,(H,32,35)(H2,27,29,30)/p+1. The van der Waals surface area contributed by atoms with Crippen molar-refractivity contribution >= 4 is 39.3 Å². The van der Waals surface area contributed by atoms with Crippen LogP contribution in [-0.4, -0.2) is 50.8 Å². The lowest BCUT2D eigenvalue weighted by atomic mass is 10.1. The van der Waals surface area contributed by atoms with E-state index in [1.54, 1.807) is 7.11 Å². The maximum Gasteiger partial charge on any atom is 0.272 e. The number of methoxy groups -OCH3 is 1. The smallest absolute Gasteiger partial charge is 0.272 e. The summed E-state index contributed by atoms with van der Waals surface area (Å²) in [5.74, 6) is 0.653. The number of hydrogen-bond acceptors (Lipinski definition) is 6. The van der Waals surface area contributed by atoms with Crippen molar-refractivity contribution in [2.45, 2.75) is 18.9 Å². The Bertz CT molecular complexity index is 1550. The first kappa shape index (κ1) is 22.1. The number of anilines is 2. The fraction of sp³-hybridized carbons (Fsp3) is 0.231. The number of carbonyl (C=O) groups excluding carboxylic acids is 1. The van der Waals surface area contributed by atoms with Gasteiger partial charge < -0.3 is 26.1 Å². The van der Waals surface area contributed by atoms with Crippen LogP contribution in [0.15, 0.2) is 54.9 Å². The molecular formula is C26H27N8O2+. The fourth-order valence-electron chi connectivity index (χ4n) is 4.93. The Balaban J connectivity index is 1.36. The Morgan fingerprint density at radius 3 is 2.81 bits per heavy atom. The lowest BCUT2D eigenvalue weighted by Crippen LogP contribution is -2.86. The van der Waals surface area contributed by atoms with Crippen molar-refractivity contribution in [1.82, 2.24) is 24.7 Å². The number of nitrogens with zero attached hydrogens (tertiary/aromatic N) is 4. The summed E-state index contributed by atoms with van der Waals surface area (Å²) in [6.07, 6.45) is 3.52. The van der Waals surface area contributed by atoms with Crippen LogP contribution in [0.2, 0.25) is 0 Å². The molecule has 6 rings (SSSR count). The van der Waals surface area contributed by atoms with Crippen LogP contribution >= 0.6 is 0 Å². The molecule has 182 valence electrons. The van der Waals surface area contributed by atoms with Crippen LogP contribution in [-0.2, 0) is 0 Å². The highest BCUT2D eigenvalue weighted by atomic mass is 16.5. The quantitative estimate of drug-likeness (QED) is 0.303. The molecule has 0 spiro atoms. The maximum atomic E-state index is 13.0. The van der Waals surface area contributed by atoms with E-state index in [1.807, 2.05) is 53.2 Å². The van der Waals surface area contributed by atoms with E-state index < -0.39 is 0 Å². The third-order valence-corrected chi connectivity index (χ3v) is 6.77. The highest BCUT2D eigenvalue weighted by molar-refractivity contribution is 6.07. The van der Waals surface area contributed by atoms with Gasteiger partial charge in [-0.3, -0.25) is 4.79 Å². The van der Waals surface area contributed by atoms with E-state index in [2.05, 4.69) is 25.6 Å². The zero-order valence-electron chi connectivity index (χ0n) is 19.9. The Morgan fingerprint density at radius 2 is 2.00 bits per heavy atom.